The van der Waals surface area contributed by atoms with Gasteiger partial charge in [-0.25, -0.2) is 13.1 Å². The number of hydrogen-bond acceptors (Lipinski definition) is 4. The van der Waals surface area contributed by atoms with Gasteiger partial charge in [0.05, 0.1) is 10.9 Å². The van der Waals surface area contributed by atoms with E-state index in [2.05, 4.69) is 15.4 Å². The summed E-state index contributed by atoms with van der Waals surface area (Å²) in [5.74, 6) is -0.126. The maximum atomic E-state index is 12.5. The Kier molecular flexibility index (Phi) is 5.13. The zero-order chi connectivity index (χ0) is 17.3. The number of aryl methyl sites for hydroxylation is 1. The zero-order valence-corrected chi connectivity index (χ0v) is 14.9. The second-order valence-electron chi connectivity index (χ2n) is 6.97. The molecule has 1 aromatic rings. The van der Waals surface area contributed by atoms with Gasteiger partial charge >= 0.3 is 0 Å². The van der Waals surface area contributed by atoms with Crippen molar-refractivity contribution < 1.29 is 13.2 Å². The van der Waals surface area contributed by atoms with E-state index in [0.29, 0.717) is 11.3 Å². The van der Waals surface area contributed by atoms with E-state index in [9.17, 15) is 13.2 Å². The van der Waals surface area contributed by atoms with E-state index in [-0.39, 0.29) is 16.8 Å². The van der Waals surface area contributed by atoms with Crippen molar-refractivity contribution in [2.75, 3.05) is 11.9 Å². The molecule has 1 amide bonds. The van der Waals surface area contributed by atoms with Gasteiger partial charge in [-0.2, -0.15) is 0 Å². The number of benzene rings is 1. The van der Waals surface area contributed by atoms with Gasteiger partial charge in [0.1, 0.15) is 0 Å². The summed E-state index contributed by atoms with van der Waals surface area (Å²) in [5.41, 5.74) is 0.556. The van der Waals surface area contributed by atoms with Crippen LogP contribution in [0.1, 0.15) is 39.2 Å². The number of anilines is 1. The molecular formula is C16H25N3O3S. The van der Waals surface area contributed by atoms with Crippen LogP contribution < -0.4 is 15.4 Å². The molecule has 1 saturated heterocycles. The van der Waals surface area contributed by atoms with Crippen LogP contribution in [0.15, 0.2) is 23.1 Å². The summed E-state index contributed by atoms with van der Waals surface area (Å²) >= 11 is 0. The van der Waals surface area contributed by atoms with Crippen molar-refractivity contribution in [1.29, 1.82) is 0 Å². The maximum absolute atomic E-state index is 12.5. The Morgan fingerprint density at radius 2 is 2.00 bits per heavy atom. The van der Waals surface area contributed by atoms with Gasteiger partial charge in [0.15, 0.2) is 0 Å². The average molecular weight is 339 g/mol. The van der Waals surface area contributed by atoms with Crippen LogP contribution in [0.25, 0.3) is 0 Å². The quantitative estimate of drug-likeness (QED) is 0.780. The molecular weight excluding hydrogens is 314 g/mol. The molecule has 128 valence electrons. The lowest BCUT2D eigenvalue weighted by atomic mass is 10.1. The fourth-order valence-electron chi connectivity index (χ4n) is 2.56. The topological polar surface area (TPSA) is 87.3 Å². The minimum absolute atomic E-state index is 0.126. The fraction of sp³-hybridized carbons (Fsp3) is 0.562. The van der Waals surface area contributed by atoms with Crippen molar-refractivity contribution >= 4 is 21.6 Å². The van der Waals surface area contributed by atoms with Crippen LogP contribution in [0.5, 0.6) is 0 Å². The smallest absolute Gasteiger partial charge is 0.241 e. The third kappa shape index (κ3) is 4.76. The summed E-state index contributed by atoms with van der Waals surface area (Å²) in [7, 11) is -3.64. The van der Waals surface area contributed by atoms with Crippen LogP contribution in [-0.2, 0) is 14.8 Å². The van der Waals surface area contributed by atoms with Gasteiger partial charge in [0.25, 0.3) is 0 Å². The normalized spacial score (nSPS) is 18.9. The number of carbonyl (C=O) groups is 1. The molecule has 0 aromatic heterocycles. The molecule has 6 nitrogen and oxygen atoms in total. The second kappa shape index (κ2) is 6.59. The molecule has 1 aromatic carbocycles. The molecule has 1 atom stereocenters. The number of amides is 1. The third-order valence-corrected chi connectivity index (χ3v) is 5.46. The summed E-state index contributed by atoms with van der Waals surface area (Å²) in [4.78, 5) is 12.3. The summed E-state index contributed by atoms with van der Waals surface area (Å²) in [6.07, 6.45) is 1.77. The average Bonchev–Trinajstić information content (AvgIpc) is 2.92. The summed E-state index contributed by atoms with van der Waals surface area (Å²) in [6, 6.07) is 4.73. The van der Waals surface area contributed by atoms with E-state index in [1.165, 1.54) is 6.07 Å². The Labute approximate surface area is 138 Å². The summed E-state index contributed by atoms with van der Waals surface area (Å²) in [5, 5.41) is 5.91. The molecule has 0 bridgehead atoms. The Balaban J connectivity index is 2.23. The highest BCUT2D eigenvalue weighted by molar-refractivity contribution is 7.89. The number of sulfonamides is 1. The molecule has 2 rings (SSSR count). The molecule has 1 aliphatic heterocycles. The third-order valence-electron chi connectivity index (χ3n) is 3.56. The van der Waals surface area contributed by atoms with Crippen molar-refractivity contribution in [3.63, 3.8) is 0 Å². The van der Waals surface area contributed by atoms with Crippen molar-refractivity contribution in [1.82, 2.24) is 10.0 Å². The van der Waals surface area contributed by atoms with Crippen LogP contribution in [0.2, 0.25) is 0 Å². The second-order valence-corrected chi connectivity index (χ2v) is 8.62. The van der Waals surface area contributed by atoms with Gasteiger partial charge in [0.2, 0.25) is 15.9 Å². The summed E-state index contributed by atoms with van der Waals surface area (Å²) < 4.78 is 27.7. The minimum atomic E-state index is -3.64. The standard InChI is InChI=1S/C16H25N3O3S/c1-11-7-8-12(18-15(20)13-6-5-9-17-13)10-14(11)23(21,22)19-16(2,3)4/h7-8,10,13,17,19H,5-6,9H2,1-4H3,(H,18,20). The summed E-state index contributed by atoms with van der Waals surface area (Å²) in [6.45, 7) is 7.94. The Morgan fingerprint density at radius 3 is 2.57 bits per heavy atom. The maximum Gasteiger partial charge on any atom is 0.241 e. The lowest BCUT2D eigenvalue weighted by Gasteiger charge is -2.21. The number of nitrogens with one attached hydrogen (secondary N) is 3. The molecule has 1 fully saturated rings. The van der Waals surface area contributed by atoms with Crippen molar-refractivity contribution in [2.45, 2.75) is 57.0 Å². The SMILES string of the molecule is Cc1ccc(NC(=O)C2CCCN2)cc1S(=O)(=O)NC(C)(C)C. The van der Waals surface area contributed by atoms with Gasteiger partial charge in [-0.1, -0.05) is 6.07 Å². The molecule has 0 aliphatic carbocycles. The molecule has 1 heterocycles. The predicted octanol–water partition coefficient (Wildman–Crippen LogP) is 1.76. The molecule has 1 aliphatic rings. The first-order valence-electron chi connectivity index (χ1n) is 7.77. The molecule has 1 unspecified atom stereocenters. The highest BCUT2D eigenvalue weighted by Gasteiger charge is 2.25. The lowest BCUT2D eigenvalue weighted by molar-refractivity contribution is -0.117. The van der Waals surface area contributed by atoms with Crippen LogP contribution in [0.4, 0.5) is 5.69 Å². The number of rotatable bonds is 4. The van der Waals surface area contributed by atoms with E-state index >= 15 is 0 Å². The Bertz CT molecular complexity index is 687. The van der Waals surface area contributed by atoms with E-state index in [1.54, 1.807) is 39.8 Å². The van der Waals surface area contributed by atoms with Gasteiger partial charge in [-0.3, -0.25) is 4.79 Å². The first kappa shape index (κ1) is 17.9. The van der Waals surface area contributed by atoms with E-state index in [4.69, 9.17) is 0 Å². The van der Waals surface area contributed by atoms with E-state index in [0.717, 1.165) is 19.4 Å². The van der Waals surface area contributed by atoms with Crippen LogP contribution in [-0.4, -0.2) is 32.5 Å². The first-order chi connectivity index (χ1) is 10.6. The molecule has 0 spiro atoms. The van der Waals surface area contributed by atoms with Crippen LogP contribution >= 0.6 is 0 Å². The minimum Gasteiger partial charge on any atom is -0.325 e. The molecule has 7 heteroatoms. The van der Waals surface area contributed by atoms with E-state index < -0.39 is 15.6 Å². The Hall–Kier alpha value is -1.44. The Morgan fingerprint density at radius 1 is 1.30 bits per heavy atom. The van der Waals surface area contributed by atoms with Gasteiger partial charge < -0.3 is 10.6 Å². The predicted molar refractivity (Wildman–Crippen MR) is 90.9 cm³/mol. The highest BCUT2D eigenvalue weighted by atomic mass is 32.2. The lowest BCUT2D eigenvalue weighted by Crippen LogP contribution is -2.40. The van der Waals surface area contributed by atoms with Crippen LogP contribution in [0, 0.1) is 6.92 Å². The monoisotopic (exact) mass is 339 g/mol. The number of carbonyl (C=O) groups excluding carboxylic acids is 1. The zero-order valence-electron chi connectivity index (χ0n) is 14.1. The van der Waals surface area contributed by atoms with Gasteiger partial charge in [-0.05, 0) is 64.8 Å². The van der Waals surface area contributed by atoms with Crippen molar-refractivity contribution in [3.05, 3.63) is 23.8 Å². The van der Waals surface area contributed by atoms with Gasteiger partial charge in [0, 0.05) is 11.2 Å². The molecule has 0 saturated carbocycles. The molecule has 3 N–H and O–H groups in total. The van der Waals surface area contributed by atoms with Crippen molar-refractivity contribution in [2.24, 2.45) is 0 Å². The van der Waals surface area contributed by atoms with Crippen molar-refractivity contribution in [3.8, 4) is 0 Å². The van der Waals surface area contributed by atoms with Crippen LogP contribution in [0.3, 0.4) is 0 Å². The fourth-order valence-corrected chi connectivity index (χ4v) is 4.25. The van der Waals surface area contributed by atoms with E-state index in [1.807, 2.05) is 0 Å². The first-order valence-corrected chi connectivity index (χ1v) is 9.26. The number of hydrogen-bond donors (Lipinski definition) is 3. The highest BCUT2D eigenvalue weighted by Crippen LogP contribution is 2.22. The molecule has 23 heavy (non-hydrogen) atoms. The largest absolute Gasteiger partial charge is 0.325 e. The van der Waals surface area contributed by atoms with Gasteiger partial charge in [-0.15, -0.1) is 0 Å². The molecule has 0 radical (unpaired) electrons.